The summed E-state index contributed by atoms with van der Waals surface area (Å²) in [6, 6.07) is -0.731. The highest BCUT2D eigenvalue weighted by Crippen LogP contribution is 1.94. The lowest BCUT2D eigenvalue weighted by atomic mass is 10.3. The summed E-state index contributed by atoms with van der Waals surface area (Å²) in [5, 5.41) is 0. The smallest absolute Gasteiger partial charge is 0.250 e. The van der Waals surface area contributed by atoms with Crippen LogP contribution in [0.25, 0.3) is 0 Å². The van der Waals surface area contributed by atoms with E-state index in [1.807, 2.05) is 0 Å². The third kappa shape index (κ3) is 0.883. The van der Waals surface area contributed by atoms with E-state index in [1.54, 1.807) is 0 Å². The Morgan fingerprint density at radius 1 is 1.78 bits per heavy atom. The van der Waals surface area contributed by atoms with Crippen LogP contribution in [-0.2, 0) is 4.79 Å². The molecule has 0 fully saturated rings. The largest absolute Gasteiger partial charge is 0.385 e. The molecule has 0 aromatic rings. The molecular formula is C4H6N4O. The van der Waals surface area contributed by atoms with Crippen LogP contribution in [-0.4, -0.2) is 24.1 Å². The second-order valence-corrected chi connectivity index (χ2v) is 1.62. The zero-order valence-electron chi connectivity index (χ0n) is 4.61. The fourth-order valence-electron chi connectivity index (χ4n) is 0.533. The van der Waals surface area contributed by atoms with Crippen molar-refractivity contribution in [2.45, 2.75) is 6.04 Å². The van der Waals surface area contributed by atoms with E-state index in [0.29, 0.717) is 0 Å². The number of hydrogen-bond acceptors (Lipinski definition) is 4. The van der Waals surface area contributed by atoms with Crippen molar-refractivity contribution in [2.24, 2.45) is 21.5 Å². The minimum absolute atomic E-state index is 0.169. The van der Waals surface area contributed by atoms with E-state index in [-0.39, 0.29) is 5.84 Å². The molecule has 5 heteroatoms. The van der Waals surface area contributed by atoms with Gasteiger partial charge in [-0.1, -0.05) is 0 Å². The van der Waals surface area contributed by atoms with E-state index in [1.165, 1.54) is 6.34 Å². The van der Waals surface area contributed by atoms with Crippen LogP contribution in [0.4, 0.5) is 0 Å². The summed E-state index contributed by atoms with van der Waals surface area (Å²) in [5.41, 5.74) is 10.1. The molecule has 0 aromatic carbocycles. The number of rotatable bonds is 1. The average Bonchev–Trinajstić information content (AvgIpc) is 2.13. The monoisotopic (exact) mass is 126 g/mol. The summed E-state index contributed by atoms with van der Waals surface area (Å²) in [5.74, 6) is -0.396. The minimum Gasteiger partial charge on any atom is -0.385 e. The Hall–Kier alpha value is -1.39. The number of amides is 1. The van der Waals surface area contributed by atoms with Gasteiger partial charge < -0.3 is 11.5 Å². The molecule has 1 aliphatic rings. The number of carbonyl (C=O) groups excluding carboxylic acids is 1. The first kappa shape index (κ1) is 5.74. The second kappa shape index (κ2) is 1.85. The van der Waals surface area contributed by atoms with Crippen LogP contribution >= 0.6 is 0 Å². The van der Waals surface area contributed by atoms with Crippen molar-refractivity contribution in [1.82, 2.24) is 0 Å². The predicted molar refractivity (Wildman–Crippen MR) is 33.1 cm³/mol. The molecule has 48 valence electrons. The molecule has 0 bridgehead atoms. The number of aliphatic imine (C=N–C) groups is 2. The Morgan fingerprint density at radius 3 is 2.67 bits per heavy atom. The normalized spacial score (nSPS) is 24.0. The highest BCUT2D eigenvalue weighted by molar-refractivity contribution is 6.11. The van der Waals surface area contributed by atoms with Crippen LogP contribution < -0.4 is 11.5 Å². The van der Waals surface area contributed by atoms with Gasteiger partial charge in [-0.25, -0.2) is 4.99 Å². The summed E-state index contributed by atoms with van der Waals surface area (Å²) in [6.07, 6.45) is 1.23. The highest BCUT2D eigenvalue weighted by atomic mass is 16.1. The fraction of sp³-hybridized carbons (Fsp3) is 0.250. The summed E-state index contributed by atoms with van der Waals surface area (Å²) < 4.78 is 0. The van der Waals surface area contributed by atoms with Crippen LogP contribution in [0.3, 0.4) is 0 Å². The van der Waals surface area contributed by atoms with Gasteiger partial charge in [0, 0.05) is 0 Å². The molecular weight excluding hydrogens is 120 g/mol. The molecule has 9 heavy (non-hydrogen) atoms. The number of nitrogens with zero attached hydrogens (tertiary/aromatic N) is 2. The SMILES string of the molecule is NC(=O)[C@H]1N=CN=C1N. The maximum absolute atomic E-state index is 10.4. The van der Waals surface area contributed by atoms with Gasteiger partial charge in [0.25, 0.3) is 0 Å². The van der Waals surface area contributed by atoms with E-state index in [0.717, 1.165) is 0 Å². The highest BCUT2D eigenvalue weighted by Gasteiger charge is 2.20. The first-order chi connectivity index (χ1) is 4.22. The first-order valence-corrected chi connectivity index (χ1v) is 2.36. The zero-order valence-corrected chi connectivity index (χ0v) is 4.61. The van der Waals surface area contributed by atoms with Crippen LogP contribution in [0.1, 0.15) is 0 Å². The third-order valence-corrected chi connectivity index (χ3v) is 0.972. The van der Waals surface area contributed by atoms with Gasteiger partial charge in [0.05, 0.1) is 0 Å². The lowest BCUT2D eigenvalue weighted by molar-refractivity contribution is -0.117. The second-order valence-electron chi connectivity index (χ2n) is 1.62. The average molecular weight is 126 g/mol. The lowest BCUT2D eigenvalue weighted by Gasteiger charge is -1.98. The molecule has 0 aromatic heterocycles. The van der Waals surface area contributed by atoms with Gasteiger partial charge in [-0.2, -0.15) is 0 Å². The van der Waals surface area contributed by atoms with Gasteiger partial charge in [-0.3, -0.25) is 9.79 Å². The van der Waals surface area contributed by atoms with Crippen LogP contribution in [0.15, 0.2) is 9.98 Å². The summed E-state index contributed by atoms with van der Waals surface area (Å²) in [7, 11) is 0. The van der Waals surface area contributed by atoms with E-state index >= 15 is 0 Å². The van der Waals surface area contributed by atoms with E-state index < -0.39 is 11.9 Å². The van der Waals surface area contributed by atoms with Crippen molar-refractivity contribution in [1.29, 1.82) is 0 Å². The van der Waals surface area contributed by atoms with Gasteiger partial charge in [-0.15, -0.1) is 0 Å². The number of hydrogen-bond donors (Lipinski definition) is 2. The van der Waals surface area contributed by atoms with Crippen molar-refractivity contribution in [3.63, 3.8) is 0 Å². The fourth-order valence-corrected chi connectivity index (χ4v) is 0.533. The molecule has 0 saturated carbocycles. The molecule has 1 heterocycles. The maximum atomic E-state index is 10.4. The van der Waals surface area contributed by atoms with E-state index in [2.05, 4.69) is 9.98 Å². The number of nitrogens with two attached hydrogens (primary N) is 2. The Labute approximate surface area is 51.5 Å². The summed E-state index contributed by atoms with van der Waals surface area (Å²) in [4.78, 5) is 17.5. The quantitative estimate of drug-likeness (QED) is 0.435. The molecule has 0 aliphatic carbocycles. The molecule has 0 saturated heterocycles. The molecule has 1 aliphatic heterocycles. The Kier molecular flexibility index (Phi) is 1.18. The maximum Gasteiger partial charge on any atom is 0.250 e. The number of carbonyl (C=O) groups is 1. The minimum atomic E-state index is -0.731. The topological polar surface area (TPSA) is 93.8 Å². The van der Waals surface area contributed by atoms with Gasteiger partial charge in [0.1, 0.15) is 12.2 Å². The molecule has 1 amide bonds. The van der Waals surface area contributed by atoms with Crippen molar-refractivity contribution in [2.75, 3.05) is 0 Å². The van der Waals surface area contributed by atoms with Gasteiger partial charge >= 0.3 is 0 Å². The van der Waals surface area contributed by atoms with E-state index in [4.69, 9.17) is 11.5 Å². The standard InChI is InChI=1S/C4H6N4O/c5-3-2(4(6)9)7-1-8-3/h1-2H,(H2,6,9)(H2,5,7,8)/t2-/m0/s1. The van der Waals surface area contributed by atoms with Crippen molar-refractivity contribution in [3.8, 4) is 0 Å². The van der Waals surface area contributed by atoms with Crippen LogP contribution in [0, 0.1) is 0 Å². The van der Waals surface area contributed by atoms with Crippen LogP contribution in [0.2, 0.25) is 0 Å². The number of amidine groups is 1. The Balaban J connectivity index is 2.74. The summed E-state index contributed by atoms with van der Waals surface area (Å²) >= 11 is 0. The molecule has 1 rings (SSSR count). The third-order valence-electron chi connectivity index (χ3n) is 0.972. The Morgan fingerprint density at radius 2 is 2.44 bits per heavy atom. The van der Waals surface area contributed by atoms with Gasteiger partial charge in [-0.05, 0) is 0 Å². The van der Waals surface area contributed by atoms with Crippen molar-refractivity contribution < 1.29 is 4.79 Å². The van der Waals surface area contributed by atoms with Crippen molar-refractivity contribution in [3.05, 3.63) is 0 Å². The molecule has 1 atom stereocenters. The Bertz CT molecular complexity index is 195. The van der Waals surface area contributed by atoms with Gasteiger partial charge in [0.15, 0.2) is 6.04 Å². The molecule has 0 unspecified atom stereocenters. The first-order valence-electron chi connectivity index (χ1n) is 2.36. The molecule has 4 N–H and O–H groups in total. The van der Waals surface area contributed by atoms with E-state index in [9.17, 15) is 4.79 Å². The van der Waals surface area contributed by atoms with Crippen LogP contribution in [0.5, 0.6) is 0 Å². The summed E-state index contributed by atoms with van der Waals surface area (Å²) in [6.45, 7) is 0. The molecule has 0 spiro atoms. The van der Waals surface area contributed by atoms with Crippen molar-refractivity contribution >= 4 is 18.1 Å². The van der Waals surface area contributed by atoms with Gasteiger partial charge in [0.2, 0.25) is 5.91 Å². The number of primary amides is 1. The zero-order chi connectivity index (χ0) is 6.85. The molecule has 0 radical (unpaired) electrons. The predicted octanol–water partition coefficient (Wildman–Crippen LogP) is -1.76. The lowest BCUT2D eigenvalue weighted by Crippen LogP contribution is -2.36. The molecule has 5 nitrogen and oxygen atoms in total.